The molecule has 0 saturated carbocycles. The average Bonchev–Trinajstić information content (AvgIpc) is 3.01. The molecule has 0 amide bonds. The van der Waals surface area contributed by atoms with Gasteiger partial charge in [-0.15, -0.1) is 0 Å². The summed E-state index contributed by atoms with van der Waals surface area (Å²) in [5, 5.41) is 20.5. The van der Waals surface area contributed by atoms with E-state index in [0.29, 0.717) is 11.5 Å². The van der Waals surface area contributed by atoms with Crippen LogP contribution in [0.4, 0.5) is 17.5 Å². The van der Waals surface area contributed by atoms with E-state index < -0.39 is 11.6 Å². The van der Waals surface area contributed by atoms with Crippen LogP contribution in [0.15, 0.2) is 30.5 Å². The molecule has 3 aromatic rings. The van der Waals surface area contributed by atoms with E-state index in [2.05, 4.69) is 56.7 Å². The number of benzene rings is 1. The van der Waals surface area contributed by atoms with Crippen LogP contribution in [-0.4, -0.2) is 69.5 Å². The van der Waals surface area contributed by atoms with E-state index in [-0.39, 0.29) is 17.0 Å². The topological polar surface area (TPSA) is 106 Å². The van der Waals surface area contributed by atoms with Crippen molar-refractivity contribution in [2.24, 2.45) is 11.3 Å². The summed E-state index contributed by atoms with van der Waals surface area (Å²) in [4.78, 5) is 33.1. The summed E-state index contributed by atoms with van der Waals surface area (Å²) in [6.45, 7) is 15.4. The normalized spacial score (nSPS) is 18.9. The Labute approximate surface area is 277 Å². The fraction of sp³-hybridized carbons (Fsp3) is 0.556. The number of carbonyl (C=O) groups is 1. The van der Waals surface area contributed by atoms with Crippen LogP contribution >= 0.6 is 11.6 Å². The molecule has 246 valence electrons. The van der Waals surface area contributed by atoms with Crippen molar-refractivity contribution >= 4 is 35.0 Å². The predicted octanol–water partition coefficient (Wildman–Crippen LogP) is 6.30. The van der Waals surface area contributed by atoms with Crippen molar-refractivity contribution in [1.82, 2.24) is 15.0 Å². The lowest BCUT2D eigenvalue weighted by Crippen LogP contribution is -2.42. The second-order valence-corrected chi connectivity index (χ2v) is 15.1. The van der Waals surface area contributed by atoms with Crippen molar-refractivity contribution in [3.63, 3.8) is 0 Å². The summed E-state index contributed by atoms with van der Waals surface area (Å²) < 4.78 is 0. The predicted molar refractivity (Wildman–Crippen MR) is 184 cm³/mol. The number of nitrogens with zero attached hydrogens (tertiary/aromatic N) is 6. The average molecular weight is 647 g/mol. The Morgan fingerprint density at radius 2 is 1.72 bits per heavy atom. The van der Waals surface area contributed by atoms with Crippen LogP contribution < -0.4 is 14.7 Å². The molecule has 1 aromatic carbocycles. The van der Waals surface area contributed by atoms with Crippen LogP contribution in [0.5, 0.6) is 0 Å². The number of carboxylic acids is 1. The van der Waals surface area contributed by atoms with Crippen LogP contribution in [0.1, 0.15) is 75.8 Å². The summed E-state index contributed by atoms with van der Waals surface area (Å²) in [5.41, 5.74) is 6.48. The Morgan fingerprint density at radius 3 is 2.39 bits per heavy atom. The minimum absolute atomic E-state index is 0.162. The van der Waals surface area contributed by atoms with Gasteiger partial charge in [0, 0.05) is 62.3 Å². The smallest absolute Gasteiger partial charge is 0.308 e. The van der Waals surface area contributed by atoms with Crippen LogP contribution in [0.2, 0.25) is 5.15 Å². The molecule has 0 radical (unpaired) electrons. The van der Waals surface area contributed by atoms with E-state index in [0.717, 1.165) is 106 Å². The molecular weight excluding hydrogens is 600 g/mol. The Hall–Kier alpha value is -3.43. The number of pyridine rings is 1. The maximum Gasteiger partial charge on any atom is 0.308 e. The highest BCUT2D eigenvalue weighted by Gasteiger charge is 2.33. The van der Waals surface area contributed by atoms with Gasteiger partial charge < -0.3 is 24.9 Å². The molecule has 9 nitrogen and oxygen atoms in total. The van der Waals surface area contributed by atoms with Crippen molar-refractivity contribution in [2.45, 2.75) is 85.3 Å². The summed E-state index contributed by atoms with van der Waals surface area (Å²) in [6.07, 6.45) is 6.49. The summed E-state index contributed by atoms with van der Waals surface area (Å²) in [7, 11) is 0. The molecule has 3 aliphatic heterocycles. The lowest BCUT2D eigenvalue weighted by molar-refractivity contribution is -0.136. The van der Waals surface area contributed by atoms with Gasteiger partial charge in [-0.05, 0) is 87.0 Å². The second-order valence-electron chi connectivity index (χ2n) is 14.7. The number of halogens is 1. The fourth-order valence-corrected chi connectivity index (χ4v) is 7.67. The second kappa shape index (κ2) is 12.6. The molecule has 0 bridgehead atoms. The first-order valence-corrected chi connectivity index (χ1v) is 17.0. The first-order chi connectivity index (χ1) is 21.8. The van der Waals surface area contributed by atoms with Crippen LogP contribution in [0.3, 0.4) is 0 Å². The van der Waals surface area contributed by atoms with E-state index in [1.165, 1.54) is 11.1 Å². The van der Waals surface area contributed by atoms with E-state index >= 15 is 0 Å². The zero-order valence-electron chi connectivity index (χ0n) is 27.8. The third-order valence-corrected chi connectivity index (χ3v) is 10.7. The van der Waals surface area contributed by atoms with Crippen LogP contribution in [-0.2, 0) is 24.2 Å². The highest BCUT2D eigenvalue weighted by Crippen LogP contribution is 2.43. The van der Waals surface area contributed by atoms with Gasteiger partial charge in [-0.1, -0.05) is 43.6 Å². The molecule has 46 heavy (non-hydrogen) atoms. The Bertz CT molecular complexity index is 1600. The largest absolute Gasteiger partial charge is 0.481 e. The number of aromatic nitrogens is 3. The zero-order valence-corrected chi connectivity index (χ0v) is 28.6. The third kappa shape index (κ3) is 6.81. The molecule has 3 aliphatic rings. The zero-order chi connectivity index (χ0) is 32.8. The number of aryl methyl sites for hydroxylation is 1. The SMILES string of the molecule is Cc1nc(Cl)c(CC(=O)O)c(N2CCC(C)(C)CC2)c1-c1ccc2c(c1)CCN(c1nccc(N3CCC(C(C)(C)O)CC3)n1)C2. The van der Waals surface area contributed by atoms with Crippen LogP contribution in [0, 0.1) is 18.3 Å². The highest BCUT2D eigenvalue weighted by atomic mass is 35.5. The number of aliphatic carboxylic acids is 1. The molecule has 5 heterocycles. The Morgan fingerprint density at radius 1 is 1.00 bits per heavy atom. The van der Waals surface area contributed by atoms with E-state index in [4.69, 9.17) is 16.6 Å². The molecule has 10 heteroatoms. The summed E-state index contributed by atoms with van der Waals surface area (Å²) in [5.74, 6) is 1.07. The van der Waals surface area contributed by atoms with Crippen LogP contribution in [0.25, 0.3) is 11.1 Å². The quantitative estimate of drug-likeness (QED) is 0.286. The van der Waals surface area contributed by atoms with Crippen molar-refractivity contribution in [2.75, 3.05) is 47.4 Å². The Balaban J connectivity index is 1.26. The number of fused-ring (bicyclic) bond motifs is 1. The van der Waals surface area contributed by atoms with Gasteiger partial charge in [0.2, 0.25) is 5.95 Å². The van der Waals surface area contributed by atoms with Gasteiger partial charge in [-0.2, -0.15) is 4.98 Å². The molecule has 6 rings (SSSR count). The highest BCUT2D eigenvalue weighted by molar-refractivity contribution is 6.31. The monoisotopic (exact) mass is 646 g/mol. The van der Waals surface area contributed by atoms with E-state index in [1.807, 2.05) is 33.0 Å². The van der Waals surface area contributed by atoms with E-state index in [1.54, 1.807) is 0 Å². The number of hydrogen-bond acceptors (Lipinski definition) is 8. The molecule has 0 spiro atoms. The summed E-state index contributed by atoms with van der Waals surface area (Å²) in [6, 6.07) is 8.58. The van der Waals surface area contributed by atoms with Gasteiger partial charge in [-0.25, -0.2) is 9.97 Å². The number of anilines is 3. The lowest BCUT2D eigenvalue weighted by Gasteiger charge is -2.40. The van der Waals surface area contributed by atoms with E-state index in [9.17, 15) is 15.0 Å². The van der Waals surface area contributed by atoms with Gasteiger partial charge in [0.15, 0.2) is 0 Å². The third-order valence-electron chi connectivity index (χ3n) is 10.4. The molecule has 2 N–H and O–H groups in total. The minimum Gasteiger partial charge on any atom is -0.481 e. The summed E-state index contributed by atoms with van der Waals surface area (Å²) >= 11 is 6.66. The van der Waals surface area contributed by atoms with Crippen molar-refractivity contribution in [3.8, 4) is 11.1 Å². The van der Waals surface area contributed by atoms with Gasteiger partial charge in [0.1, 0.15) is 11.0 Å². The fourth-order valence-electron chi connectivity index (χ4n) is 7.39. The number of carboxylic acid groups (broad SMARTS) is 1. The Kier molecular flexibility index (Phi) is 8.93. The number of rotatable bonds is 7. The molecule has 0 unspecified atom stereocenters. The molecule has 2 saturated heterocycles. The number of hydrogen-bond donors (Lipinski definition) is 2. The first kappa shape index (κ1) is 32.5. The minimum atomic E-state index is -0.910. The maximum absolute atomic E-state index is 12.0. The van der Waals surface area contributed by atoms with Gasteiger partial charge in [0.25, 0.3) is 0 Å². The van der Waals surface area contributed by atoms with Crippen molar-refractivity contribution in [1.29, 1.82) is 0 Å². The molecule has 2 fully saturated rings. The van der Waals surface area contributed by atoms with Gasteiger partial charge >= 0.3 is 5.97 Å². The van der Waals surface area contributed by atoms with Gasteiger partial charge in [-0.3, -0.25) is 4.79 Å². The van der Waals surface area contributed by atoms with Crippen molar-refractivity contribution in [3.05, 3.63) is 58.0 Å². The first-order valence-electron chi connectivity index (χ1n) is 16.6. The van der Waals surface area contributed by atoms with Crippen molar-refractivity contribution < 1.29 is 15.0 Å². The van der Waals surface area contributed by atoms with Gasteiger partial charge in [0.05, 0.1) is 17.7 Å². The lowest BCUT2D eigenvalue weighted by atomic mass is 9.82. The molecular formula is C36H47ClN6O3. The molecule has 0 aliphatic carbocycles. The number of aliphatic hydroxyl groups is 1. The standard InChI is InChI=1S/C36H47ClN6O3/c1-23-31(32(28(21-30(44)45)33(37)39-23)42-18-12-35(2,3)13-19-42)25-6-7-26-22-43(15-9-24(26)20-25)34-38-14-8-29(40-34)41-16-10-27(11-17-41)36(4,5)46/h6-8,14,20,27,46H,9-13,15-19,21-22H2,1-5H3,(H,44,45). The molecule has 0 atom stereocenters. The molecule has 2 aromatic heterocycles. The maximum atomic E-state index is 12.0. The number of piperidine rings is 2.